The van der Waals surface area contributed by atoms with Crippen molar-refractivity contribution in [3.8, 4) is 0 Å². The number of aliphatic hydroxyl groups is 1. The van der Waals surface area contributed by atoms with Crippen LogP contribution in [-0.4, -0.2) is 23.8 Å². The lowest BCUT2D eigenvalue weighted by molar-refractivity contribution is 0.160. The van der Waals surface area contributed by atoms with Gasteiger partial charge in [-0.3, -0.25) is 0 Å². The summed E-state index contributed by atoms with van der Waals surface area (Å²) in [7, 11) is 0. The molecule has 5 heteroatoms. The van der Waals surface area contributed by atoms with Gasteiger partial charge < -0.3 is 20.2 Å². The molecule has 2 rings (SSSR count). The van der Waals surface area contributed by atoms with Gasteiger partial charge in [0.15, 0.2) is 0 Å². The highest BCUT2D eigenvalue weighted by Gasteiger charge is 2.18. The molecule has 120 valence electrons. The number of fused-ring (bicyclic) bond motifs is 1. The Kier molecular flexibility index (Phi) is 5.44. The molecule has 2 atom stereocenters. The fraction of sp³-hybridized carbons (Fsp3) is 0.471. The monoisotopic (exact) mass is 304 g/mol. The van der Waals surface area contributed by atoms with Gasteiger partial charge in [-0.15, -0.1) is 0 Å². The first kappa shape index (κ1) is 16.4. The highest BCUT2D eigenvalue weighted by Crippen LogP contribution is 2.28. The Morgan fingerprint density at radius 1 is 1.36 bits per heavy atom. The zero-order chi connectivity index (χ0) is 16.1. The van der Waals surface area contributed by atoms with Gasteiger partial charge in [0.1, 0.15) is 11.3 Å². The normalized spacial score (nSPS) is 13.8. The standard InChI is InChI=1S/C17H24N2O3/c1-4-13(20)9-10-18-17(21)19-12(3)16-11(2)14-7-5-6-8-15(14)22-16/h5-8,12-13,20H,4,9-10H2,1-3H3,(H2,18,19,21). The van der Waals surface area contributed by atoms with Crippen LogP contribution in [0.5, 0.6) is 0 Å². The molecule has 0 radical (unpaired) electrons. The molecule has 1 heterocycles. The molecule has 0 aliphatic rings. The third kappa shape index (κ3) is 3.80. The summed E-state index contributed by atoms with van der Waals surface area (Å²) in [5, 5.41) is 16.1. The molecule has 0 fully saturated rings. The second kappa shape index (κ2) is 7.31. The highest BCUT2D eigenvalue weighted by molar-refractivity contribution is 5.82. The summed E-state index contributed by atoms with van der Waals surface area (Å²) in [6.45, 7) is 6.25. The van der Waals surface area contributed by atoms with E-state index in [4.69, 9.17) is 4.42 Å². The maximum atomic E-state index is 11.9. The van der Waals surface area contributed by atoms with Crippen LogP contribution in [0.3, 0.4) is 0 Å². The molecule has 2 unspecified atom stereocenters. The minimum Gasteiger partial charge on any atom is -0.459 e. The number of aryl methyl sites for hydroxylation is 1. The zero-order valence-electron chi connectivity index (χ0n) is 13.3. The third-order valence-electron chi connectivity index (χ3n) is 3.86. The second-order valence-corrected chi connectivity index (χ2v) is 5.56. The van der Waals surface area contributed by atoms with Gasteiger partial charge in [-0.25, -0.2) is 4.79 Å². The lowest BCUT2D eigenvalue weighted by Gasteiger charge is -2.14. The molecule has 2 amide bonds. The molecular formula is C17H24N2O3. The molecule has 5 nitrogen and oxygen atoms in total. The Morgan fingerprint density at radius 2 is 2.09 bits per heavy atom. The number of nitrogens with one attached hydrogen (secondary N) is 2. The molecule has 0 saturated heterocycles. The fourth-order valence-corrected chi connectivity index (χ4v) is 2.48. The van der Waals surface area contributed by atoms with Crippen LogP contribution in [0.4, 0.5) is 4.79 Å². The smallest absolute Gasteiger partial charge is 0.315 e. The van der Waals surface area contributed by atoms with Crippen molar-refractivity contribution in [2.45, 2.75) is 45.8 Å². The summed E-state index contributed by atoms with van der Waals surface area (Å²) in [6.07, 6.45) is 0.884. The molecular weight excluding hydrogens is 280 g/mol. The van der Waals surface area contributed by atoms with E-state index in [1.54, 1.807) is 0 Å². The lowest BCUT2D eigenvalue weighted by atomic mass is 10.1. The van der Waals surface area contributed by atoms with Gasteiger partial charge in [-0.2, -0.15) is 0 Å². The number of amides is 2. The molecule has 2 aromatic rings. The number of para-hydroxylation sites is 1. The van der Waals surface area contributed by atoms with Crippen molar-refractivity contribution in [3.63, 3.8) is 0 Å². The summed E-state index contributed by atoms with van der Waals surface area (Å²) >= 11 is 0. The number of hydrogen-bond donors (Lipinski definition) is 3. The molecule has 0 bridgehead atoms. The minimum atomic E-state index is -0.365. The van der Waals surface area contributed by atoms with E-state index >= 15 is 0 Å². The van der Waals surface area contributed by atoms with Crippen LogP contribution in [0.15, 0.2) is 28.7 Å². The molecule has 0 spiro atoms. The molecule has 3 N–H and O–H groups in total. The molecule has 0 saturated carbocycles. The molecule has 0 aliphatic heterocycles. The van der Waals surface area contributed by atoms with Crippen LogP contribution in [0.25, 0.3) is 11.0 Å². The lowest BCUT2D eigenvalue weighted by Crippen LogP contribution is -2.38. The Bertz CT molecular complexity index is 636. The third-order valence-corrected chi connectivity index (χ3v) is 3.86. The van der Waals surface area contributed by atoms with Crippen LogP contribution in [-0.2, 0) is 0 Å². The number of furan rings is 1. The van der Waals surface area contributed by atoms with Gasteiger partial charge in [-0.05, 0) is 32.8 Å². The first-order valence-electron chi connectivity index (χ1n) is 7.73. The first-order valence-corrected chi connectivity index (χ1v) is 7.73. The van der Waals surface area contributed by atoms with E-state index in [2.05, 4.69) is 10.6 Å². The SMILES string of the molecule is CCC(O)CCNC(=O)NC(C)c1oc2ccccc2c1C. The zero-order valence-corrected chi connectivity index (χ0v) is 13.3. The predicted molar refractivity (Wildman–Crippen MR) is 86.8 cm³/mol. The van der Waals surface area contributed by atoms with E-state index in [9.17, 15) is 9.90 Å². The largest absolute Gasteiger partial charge is 0.459 e. The molecule has 0 aliphatic carbocycles. The van der Waals surface area contributed by atoms with Crippen LogP contribution in [0.1, 0.15) is 44.1 Å². The molecule has 22 heavy (non-hydrogen) atoms. The van der Waals surface area contributed by atoms with Crippen LogP contribution in [0, 0.1) is 6.92 Å². The summed E-state index contributed by atoms with van der Waals surface area (Å²) in [4.78, 5) is 11.9. The highest BCUT2D eigenvalue weighted by atomic mass is 16.3. The predicted octanol–water partition coefficient (Wildman–Crippen LogP) is 3.26. The van der Waals surface area contributed by atoms with Gasteiger partial charge in [-0.1, -0.05) is 25.1 Å². The number of hydrogen-bond acceptors (Lipinski definition) is 3. The van der Waals surface area contributed by atoms with E-state index in [-0.39, 0.29) is 18.2 Å². The summed E-state index contributed by atoms with van der Waals surface area (Å²) < 4.78 is 5.84. The number of urea groups is 1. The van der Waals surface area contributed by atoms with Crippen molar-refractivity contribution in [1.29, 1.82) is 0 Å². The Hall–Kier alpha value is -2.01. The fourth-order valence-electron chi connectivity index (χ4n) is 2.48. The number of rotatable bonds is 6. The van der Waals surface area contributed by atoms with Gasteiger partial charge in [0.2, 0.25) is 0 Å². The van der Waals surface area contributed by atoms with Crippen molar-refractivity contribution < 1.29 is 14.3 Å². The van der Waals surface area contributed by atoms with Crippen molar-refractivity contribution >= 4 is 17.0 Å². The van der Waals surface area contributed by atoms with E-state index < -0.39 is 0 Å². The van der Waals surface area contributed by atoms with Gasteiger partial charge in [0, 0.05) is 17.5 Å². The number of carbonyl (C=O) groups excluding carboxylic acids is 1. The minimum absolute atomic E-state index is 0.219. The van der Waals surface area contributed by atoms with E-state index in [1.165, 1.54) is 0 Å². The molecule has 1 aromatic heterocycles. The Morgan fingerprint density at radius 3 is 2.77 bits per heavy atom. The summed E-state index contributed by atoms with van der Waals surface area (Å²) in [5.41, 5.74) is 1.87. The quantitative estimate of drug-likeness (QED) is 0.767. The van der Waals surface area contributed by atoms with E-state index in [0.717, 1.165) is 22.3 Å². The van der Waals surface area contributed by atoms with E-state index in [0.29, 0.717) is 19.4 Å². The number of aliphatic hydroxyl groups excluding tert-OH is 1. The maximum Gasteiger partial charge on any atom is 0.315 e. The van der Waals surface area contributed by atoms with Crippen LogP contribution < -0.4 is 10.6 Å². The average molecular weight is 304 g/mol. The summed E-state index contributed by atoms with van der Waals surface area (Å²) in [5.74, 6) is 0.768. The Balaban J connectivity index is 1.94. The van der Waals surface area contributed by atoms with Gasteiger partial charge >= 0.3 is 6.03 Å². The Labute approximate surface area is 130 Å². The maximum absolute atomic E-state index is 11.9. The van der Waals surface area contributed by atoms with Crippen LogP contribution >= 0.6 is 0 Å². The molecule has 1 aromatic carbocycles. The number of benzene rings is 1. The first-order chi connectivity index (χ1) is 10.5. The van der Waals surface area contributed by atoms with Crippen LogP contribution in [0.2, 0.25) is 0 Å². The van der Waals surface area contributed by atoms with Crippen molar-refractivity contribution in [1.82, 2.24) is 10.6 Å². The van der Waals surface area contributed by atoms with Crippen molar-refractivity contribution in [3.05, 3.63) is 35.6 Å². The average Bonchev–Trinajstić information content (AvgIpc) is 2.84. The van der Waals surface area contributed by atoms with E-state index in [1.807, 2.05) is 45.0 Å². The summed E-state index contributed by atoms with van der Waals surface area (Å²) in [6, 6.07) is 7.36. The van der Waals surface area contributed by atoms with Crippen molar-refractivity contribution in [2.24, 2.45) is 0 Å². The van der Waals surface area contributed by atoms with Gasteiger partial charge in [0.05, 0.1) is 12.1 Å². The topological polar surface area (TPSA) is 74.5 Å². The number of carbonyl (C=O) groups is 1. The second-order valence-electron chi connectivity index (χ2n) is 5.56. The van der Waals surface area contributed by atoms with Crippen molar-refractivity contribution in [2.75, 3.05) is 6.54 Å². The van der Waals surface area contributed by atoms with Gasteiger partial charge in [0.25, 0.3) is 0 Å².